The van der Waals surface area contributed by atoms with Gasteiger partial charge in [-0.25, -0.2) is 15.0 Å². The zero-order valence-corrected chi connectivity index (χ0v) is 20.3. The molecule has 8 nitrogen and oxygen atoms in total. The Morgan fingerprint density at radius 2 is 1.69 bits per heavy atom. The van der Waals surface area contributed by atoms with Crippen molar-refractivity contribution in [3.63, 3.8) is 0 Å². The largest absolute Gasteiger partial charge is 0.394 e. The van der Waals surface area contributed by atoms with E-state index < -0.39 is 0 Å². The molecule has 36 heavy (non-hydrogen) atoms. The van der Waals surface area contributed by atoms with Crippen molar-refractivity contribution < 1.29 is 9.84 Å². The number of anilines is 1. The van der Waals surface area contributed by atoms with Crippen molar-refractivity contribution >= 4 is 17.0 Å². The quantitative estimate of drug-likeness (QED) is 0.406. The van der Waals surface area contributed by atoms with Crippen LogP contribution in [0.2, 0.25) is 0 Å². The summed E-state index contributed by atoms with van der Waals surface area (Å²) in [4.78, 5) is 16.0. The van der Waals surface area contributed by atoms with Crippen molar-refractivity contribution in [3.05, 3.63) is 72.8 Å². The lowest BCUT2D eigenvalue weighted by molar-refractivity contribution is -0.135. The third-order valence-corrected chi connectivity index (χ3v) is 7.26. The predicted molar refractivity (Wildman–Crippen MR) is 139 cm³/mol. The molecule has 0 spiro atoms. The summed E-state index contributed by atoms with van der Waals surface area (Å²) in [6.45, 7) is 2.10. The van der Waals surface area contributed by atoms with E-state index in [-0.39, 0.29) is 18.9 Å². The van der Waals surface area contributed by atoms with E-state index in [2.05, 4.69) is 73.7 Å². The van der Waals surface area contributed by atoms with Gasteiger partial charge in [0, 0.05) is 25.7 Å². The number of aliphatic hydroxyl groups excluding tert-OH is 1. The average molecular weight is 485 g/mol. The van der Waals surface area contributed by atoms with E-state index in [0.717, 1.165) is 36.4 Å². The van der Waals surface area contributed by atoms with Gasteiger partial charge in [0.2, 0.25) is 0 Å². The first kappa shape index (κ1) is 23.1. The highest BCUT2D eigenvalue weighted by molar-refractivity contribution is 5.82. The summed E-state index contributed by atoms with van der Waals surface area (Å²) in [5.41, 5.74) is 5.17. The number of morpholine rings is 1. The molecule has 1 aliphatic carbocycles. The summed E-state index contributed by atoms with van der Waals surface area (Å²) in [5.74, 6) is 0.788. The van der Waals surface area contributed by atoms with Gasteiger partial charge in [-0.2, -0.15) is 0 Å². The minimum absolute atomic E-state index is 0.0317. The van der Waals surface area contributed by atoms with E-state index in [0.29, 0.717) is 19.1 Å². The first-order valence-electron chi connectivity index (χ1n) is 12.8. The monoisotopic (exact) mass is 484 g/mol. The second-order valence-corrected chi connectivity index (χ2v) is 9.82. The summed E-state index contributed by atoms with van der Waals surface area (Å²) in [5, 5.41) is 13.5. The molecule has 8 heteroatoms. The highest BCUT2D eigenvalue weighted by Crippen LogP contribution is 2.29. The van der Waals surface area contributed by atoms with Gasteiger partial charge in [0.15, 0.2) is 17.0 Å². The average Bonchev–Trinajstić information content (AvgIpc) is 3.60. The third kappa shape index (κ3) is 4.84. The molecule has 186 valence electrons. The Balaban J connectivity index is 1.20. The number of aromatic nitrogens is 4. The number of benzene rings is 2. The molecule has 0 amide bonds. The Morgan fingerprint density at radius 1 is 0.917 bits per heavy atom. The number of fused-ring (bicyclic) bond motifs is 1. The second kappa shape index (κ2) is 10.3. The van der Waals surface area contributed by atoms with Gasteiger partial charge in [0.1, 0.15) is 12.6 Å². The third-order valence-electron chi connectivity index (χ3n) is 7.26. The number of imidazole rings is 1. The van der Waals surface area contributed by atoms with Gasteiger partial charge in [-0.05, 0) is 29.5 Å². The molecule has 2 aromatic carbocycles. The van der Waals surface area contributed by atoms with E-state index in [9.17, 15) is 5.11 Å². The fourth-order valence-electron chi connectivity index (χ4n) is 5.40. The van der Waals surface area contributed by atoms with E-state index in [1.165, 1.54) is 29.5 Å². The smallest absolute Gasteiger partial charge is 0.167 e. The van der Waals surface area contributed by atoms with Crippen LogP contribution in [-0.2, 0) is 11.3 Å². The molecule has 4 aromatic rings. The predicted octanol–water partition coefficient (Wildman–Crippen LogP) is 4.24. The summed E-state index contributed by atoms with van der Waals surface area (Å²) in [6, 6.07) is 19.6. The molecule has 3 heterocycles. The fourth-order valence-corrected chi connectivity index (χ4v) is 5.40. The molecule has 2 fully saturated rings. The number of ether oxygens (including phenoxy) is 1. The Morgan fingerprint density at radius 3 is 2.47 bits per heavy atom. The summed E-state index contributed by atoms with van der Waals surface area (Å²) in [7, 11) is 0. The van der Waals surface area contributed by atoms with Crippen molar-refractivity contribution in [2.24, 2.45) is 0 Å². The maximum absolute atomic E-state index is 9.96. The lowest BCUT2D eigenvalue weighted by Crippen LogP contribution is -2.46. The summed E-state index contributed by atoms with van der Waals surface area (Å²) >= 11 is 0. The van der Waals surface area contributed by atoms with Crippen LogP contribution in [0.3, 0.4) is 0 Å². The zero-order chi connectivity index (χ0) is 24.3. The number of nitrogens with one attached hydrogen (secondary N) is 1. The number of hydrogen-bond acceptors (Lipinski definition) is 7. The van der Waals surface area contributed by atoms with Gasteiger partial charge < -0.3 is 15.2 Å². The van der Waals surface area contributed by atoms with Gasteiger partial charge in [-0.15, -0.1) is 0 Å². The van der Waals surface area contributed by atoms with Crippen LogP contribution in [0.15, 0.2) is 67.3 Å². The van der Waals surface area contributed by atoms with Crippen LogP contribution in [0.5, 0.6) is 0 Å². The van der Waals surface area contributed by atoms with Crippen LogP contribution in [0.25, 0.3) is 22.3 Å². The van der Waals surface area contributed by atoms with Gasteiger partial charge in [0.25, 0.3) is 0 Å². The molecule has 0 unspecified atom stereocenters. The molecule has 1 aliphatic heterocycles. The van der Waals surface area contributed by atoms with Gasteiger partial charge in [0.05, 0.1) is 19.0 Å². The molecule has 1 saturated heterocycles. The molecule has 2 aliphatic rings. The lowest BCUT2D eigenvalue weighted by atomic mass is 10.0. The molecular weight excluding hydrogens is 452 g/mol. The summed E-state index contributed by atoms with van der Waals surface area (Å²) < 4.78 is 8.23. The molecule has 1 saturated carbocycles. The van der Waals surface area contributed by atoms with Crippen LogP contribution in [-0.4, -0.2) is 61.4 Å². The van der Waals surface area contributed by atoms with Crippen molar-refractivity contribution in [2.45, 2.75) is 50.6 Å². The van der Waals surface area contributed by atoms with E-state index in [1.54, 1.807) is 12.7 Å². The summed E-state index contributed by atoms with van der Waals surface area (Å²) in [6.07, 6.45) is 7.65. The fraction of sp³-hybridized carbons (Fsp3) is 0.393. The Kier molecular flexibility index (Phi) is 6.63. The standard InChI is InChI=1S/C28H32N6O2/c35-17-24-15-33(14-20-10-12-22(13-11-20)21-6-2-1-3-7-21)16-25(36-24)34-19-31-26-27(29-18-30-28(26)34)32-23-8-4-5-9-23/h1-3,6-7,10-13,18-19,23-25,35H,4-5,8-9,14-17H2,(H,29,30,32)/t24-,25+/m0/s1. The number of rotatable bonds is 7. The number of nitrogens with zero attached hydrogens (tertiary/aromatic N) is 5. The van der Waals surface area contributed by atoms with Crippen molar-refractivity contribution in [2.75, 3.05) is 25.0 Å². The topological polar surface area (TPSA) is 88.3 Å². The van der Waals surface area contributed by atoms with Crippen molar-refractivity contribution in [1.82, 2.24) is 24.4 Å². The lowest BCUT2D eigenvalue weighted by Gasteiger charge is -2.38. The molecule has 2 aromatic heterocycles. The first-order valence-corrected chi connectivity index (χ1v) is 12.8. The van der Waals surface area contributed by atoms with Gasteiger partial charge in [-0.1, -0.05) is 67.4 Å². The molecule has 0 radical (unpaired) electrons. The number of hydrogen-bond donors (Lipinski definition) is 2. The Hall–Kier alpha value is -3.33. The molecule has 2 N–H and O–H groups in total. The Bertz CT molecular complexity index is 1290. The van der Waals surface area contributed by atoms with Crippen LogP contribution in [0.4, 0.5) is 5.82 Å². The van der Waals surface area contributed by atoms with Crippen LogP contribution >= 0.6 is 0 Å². The minimum Gasteiger partial charge on any atom is -0.394 e. The van der Waals surface area contributed by atoms with Crippen LogP contribution in [0.1, 0.15) is 37.5 Å². The Labute approximate surface area is 211 Å². The van der Waals surface area contributed by atoms with Crippen LogP contribution in [0, 0.1) is 0 Å². The molecule has 2 atom stereocenters. The van der Waals surface area contributed by atoms with Crippen LogP contribution < -0.4 is 5.32 Å². The van der Waals surface area contributed by atoms with E-state index in [1.807, 2.05) is 10.6 Å². The maximum Gasteiger partial charge on any atom is 0.167 e. The SMILES string of the molecule is OC[C@@H]1CN(Cc2ccc(-c3ccccc3)cc2)C[C@H](n2cnc3c(NC4CCCC4)ncnc32)O1. The minimum atomic E-state index is -0.293. The van der Waals surface area contributed by atoms with Gasteiger partial charge in [-0.3, -0.25) is 9.47 Å². The highest BCUT2D eigenvalue weighted by Gasteiger charge is 2.30. The van der Waals surface area contributed by atoms with E-state index >= 15 is 0 Å². The van der Waals surface area contributed by atoms with Crippen molar-refractivity contribution in [3.8, 4) is 11.1 Å². The van der Waals surface area contributed by atoms with E-state index in [4.69, 9.17) is 4.74 Å². The highest BCUT2D eigenvalue weighted by atomic mass is 16.5. The molecular formula is C28H32N6O2. The second-order valence-electron chi connectivity index (χ2n) is 9.82. The van der Waals surface area contributed by atoms with Crippen molar-refractivity contribution in [1.29, 1.82) is 0 Å². The first-order chi connectivity index (χ1) is 17.8. The zero-order valence-electron chi connectivity index (χ0n) is 20.3. The maximum atomic E-state index is 9.96. The molecule has 6 rings (SSSR count). The number of aliphatic hydroxyl groups is 1. The normalized spacial score (nSPS) is 21.2. The molecule has 0 bridgehead atoms. The van der Waals surface area contributed by atoms with Gasteiger partial charge >= 0.3 is 0 Å².